The summed E-state index contributed by atoms with van der Waals surface area (Å²) in [5.41, 5.74) is 0. The molecule has 0 aliphatic rings. The molecule has 6 heavy (non-hydrogen) atoms. The van der Waals surface area contributed by atoms with Crippen molar-refractivity contribution in [2.24, 2.45) is 0 Å². The van der Waals surface area contributed by atoms with Crippen LogP contribution in [-0.4, -0.2) is 23.0 Å². The minimum absolute atomic E-state index is 0.792. The maximum absolute atomic E-state index is 10.8. The second-order valence-corrected chi connectivity index (χ2v) is 1.44. The molecule has 0 nitrogen and oxygen atoms in total. The van der Waals surface area contributed by atoms with Crippen molar-refractivity contribution in [2.45, 2.75) is 11.4 Å². The molecule has 0 rings (SSSR count). The van der Waals surface area contributed by atoms with Crippen LogP contribution in [0.25, 0.3) is 0 Å². The molecule has 0 aliphatic carbocycles. The topological polar surface area (TPSA) is 0 Å². The van der Waals surface area contributed by atoms with Crippen molar-refractivity contribution in [3.63, 3.8) is 0 Å². The van der Waals surface area contributed by atoms with Crippen LogP contribution >= 0.6 is 0 Å². The van der Waals surface area contributed by atoms with E-state index in [4.69, 9.17) is 0 Å². The summed E-state index contributed by atoms with van der Waals surface area (Å²) in [5.74, 6) is 0. The Balaban J connectivity index is 3.17. The number of hydrogen-bond acceptors (Lipinski definition) is 0. The van der Waals surface area contributed by atoms with Gasteiger partial charge in [0.1, 0.15) is 0 Å². The van der Waals surface area contributed by atoms with E-state index >= 15 is 0 Å². The SMILES string of the molecule is FC(F)(F)C[As]. The van der Waals surface area contributed by atoms with Gasteiger partial charge in [0.2, 0.25) is 0 Å². The zero-order valence-electron chi connectivity index (χ0n) is 2.79. The molecular weight excluding hydrogens is 156 g/mol. The van der Waals surface area contributed by atoms with Crippen molar-refractivity contribution in [2.75, 3.05) is 0 Å². The third kappa shape index (κ3) is 4.35. The molecule has 4 heteroatoms. The van der Waals surface area contributed by atoms with E-state index in [-0.39, 0.29) is 0 Å². The fourth-order valence-corrected chi connectivity index (χ4v) is 0. The van der Waals surface area contributed by atoms with E-state index in [9.17, 15) is 13.2 Å². The average molecular weight is 158 g/mol. The molecule has 0 saturated carbocycles. The zero-order valence-corrected chi connectivity index (χ0v) is 4.66. The van der Waals surface area contributed by atoms with E-state index in [0.29, 0.717) is 0 Å². The van der Waals surface area contributed by atoms with Crippen LogP contribution < -0.4 is 0 Å². The molecule has 0 fully saturated rings. The van der Waals surface area contributed by atoms with Crippen LogP contribution in [0.4, 0.5) is 13.2 Å². The molecule has 0 aromatic heterocycles. The van der Waals surface area contributed by atoms with Crippen LogP contribution in [0, 0.1) is 0 Å². The van der Waals surface area contributed by atoms with Crippen molar-refractivity contribution in [1.82, 2.24) is 0 Å². The third-order valence-corrected chi connectivity index (χ3v) is 0.932. The molecular formula is C2H2AsF3. The van der Waals surface area contributed by atoms with Crippen molar-refractivity contribution in [3.05, 3.63) is 0 Å². The monoisotopic (exact) mass is 158 g/mol. The van der Waals surface area contributed by atoms with E-state index in [1.807, 2.05) is 0 Å². The van der Waals surface area contributed by atoms with Crippen LogP contribution in [0.5, 0.6) is 0 Å². The number of hydrogen-bond donors (Lipinski definition) is 0. The van der Waals surface area contributed by atoms with Crippen LogP contribution in [0.15, 0.2) is 0 Å². The van der Waals surface area contributed by atoms with Gasteiger partial charge < -0.3 is 0 Å². The Morgan fingerprint density at radius 3 is 1.50 bits per heavy atom. The second kappa shape index (κ2) is 1.87. The van der Waals surface area contributed by atoms with Gasteiger partial charge in [-0.1, -0.05) is 0 Å². The predicted octanol–water partition coefficient (Wildman–Crippen LogP) is 1.14. The minimum atomic E-state index is -3.99. The summed E-state index contributed by atoms with van der Waals surface area (Å²) in [5, 5.41) is -0.792. The first-order chi connectivity index (χ1) is 2.56. The average Bonchev–Trinajstić information content (AvgIpc) is 1.35. The number of halogens is 3. The molecule has 0 aromatic carbocycles. The summed E-state index contributed by atoms with van der Waals surface area (Å²) in [7, 11) is 0. The summed E-state index contributed by atoms with van der Waals surface area (Å²) < 4.78 is 32.3. The van der Waals surface area contributed by atoms with Gasteiger partial charge in [-0.25, -0.2) is 0 Å². The van der Waals surface area contributed by atoms with E-state index in [0.717, 1.165) is 0 Å². The maximum atomic E-state index is 10.8. The van der Waals surface area contributed by atoms with Gasteiger partial charge in [-0.2, -0.15) is 0 Å². The molecule has 2 radical (unpaired) electrons. The first-order valence-electron chi connectivity index (χ1n) is 1.24. The molecule has 0 aromatic rings. The van der Waals surface area contributed by atoms with Crippen molar-refractivity contribution < 1.29 is 13.2 Å². The summed E-state index contributed by atoms with van der Waals surface area (Å²) >= 11 is 1.47. The van der Waals surface area contributed by atoms with Gasteiger partial charge in [0, 0.05) is 0 Å². The fraction of sp³-hybridized carbons (Fsp3) is 1.00. The second-order valence-electron chi connectivity index (χ2n) is 0.773. The molecule has 36 valence electrons. The Labute approximate surface area is 42.2 Å². The van der Waals surface area contributed by atoms with Crippen LogP contribution in [0.2, 0.25) is 5.21 Å². The van der Waals surface area contributed by atoms with Gasteiger partial charge in [0.15, 0.2) is 0 Å². The molecule has 0 N–H and O–H groups in total. The molecule has 0 atom stereocenters. The van der Waals surface area contributed by atoms with E-state index in [1.165, 1.54) is 16.9 Å². The molecule has 0 unspecified atom stereocenters. The molecule has 0 amide bonds. The normalized spacial score (nSPS) is 12.0. The molecule has 0 heterocycles. The standard InChI is InChI=1S/C2H2AsF3/c3-1-2(4,5)6/h1H2. The third-order valence-electron chi connectivity index (χ3n) is 0.179. The quantitative estimate of drug-likeness (QED) is 0.463. The van der Waals surface area contributed by atoms with Crippen LogP contribution in [0.3, 0.4) is 0 Å². The number of alkyl halides is 3. The summed E-state index contributed by atoms with van der Waals surface area (Å²) in [6, 6.07) is 0. The van der Waals surface area contributed by atoms with Crippen LogP contribution in [-0.2, 0) is 0 Å². The summed E-state index contributed by atoms with van der Waals surface area (Å²) in [6.45, 7) is 0. The molecule has 0 aliphatic heterocycles. The molecule has 0 bridgehead atoms. The Bertz CT molecular complexity index is 38.5. The fourth-order valence-electron chi connectivity index (χ4n) is 0. The summed E-state index contributed by atoms with van der Waals surface area (Å²) in [6.07, 6.45) is -3.99. The summed E-state index contributed by atoms with van der Waals surface area (Å²) in [4.78, 5) is 0. The van der Waals surface area contributed by atoms with Gasteiger partial charge >= 0.3 is 41.4 Å². The molecule has 0 spiro atoms. The first kappa shape index (κ1) is 6.35. The van der Waals surface area contributed by atoms with Gasteiger partial charge in [-0.3, -0.25) is 0 Å². The van der Waals surface area contributed by atoms with Crippen molar-refractivity contribution in [1.29, 1.82) is 0 Å². The van der Waals surface area contributed by atoms with E-state index in [1.54, 1.807) is 0 Å². The Hall–Kier alpha value is 0.348. The Morgan fingerprint density at radius 2 is 1.50 bits per heavy atom. The van der Waals surface area contributed by atoms with Crippen LogP contribution in [0.1, 0.15) is 0 Å². The van der Waals surface area contributed by atoms with Gasteiger partial charge in [0.25, 0.3) is 0 Å². The van der Waals surface area contributed by atoms with Gasteiger partial charge in [0.05, 0.1) is 0 Å². The van der Waals surface area contributed by atoms with Gasteiger partial charge in [-0.15, -0.1) is 0 Å². The number of rotatable bonds is 0. The molecule has 0 saturated heterocycles. The van der Waals surface area contributed by atoms with E-state index in [2.05, 4.69) is 0 Å². The van der Waals surface area contributed by atoms with Crippen molar-refractivity contribution >= 4 is 16.9 Å². The first-order valence-corrected chi connectivity index (χ1v) is 2.56. The Morgan fingerprint density at radius 1 is 1.33 bits per heavy atom. The van der Waals surface area contributed by atoms with E-state index < -0.39 is 11.4 Å². The van der Waals surface area contributed by atoms with Gasteiger partial charge in [-0.05, 0) is 0 Å². The van der Waals surface area contributed by atoms with Crippen molar-refractivity contribution in [3.8, 4) is 0 Å². The predicted molar refractivity (Wildman–Crippen MR) is 16.6 cm³/mol. The zero-order chi connectivity index (χ0) is 5.21. The Kier molecular flexibility index (Phi) is 1.98.